The molecular formula is C26H24FN3O. The Hall–Kier alpha value is -3.26. The summed E-state index contributed by atoms with van der Waals surface area (Å²) in [7, 11) is 0. The van der Waals surface area contributed by atoms with Gasteiger partial charge in [-0.15, -0.1) is 6.42 Å². The van der Waals surface area contributed by atoms with E-state index in [9.17, 15) is 9.18 Å². The van der Waals surface area contributed by atoms with E-state index in [1.165, 1.54) is 11.6 Å². The van der Waals surface area contributed by atoms with Crippen LogP contribution in [0, 0.1) is 35.9 Å². The largest absolute Gasteiger partial charge is 0.311 e. The van der Waals surface area contributed by atoms with Gasteiger partial charge < -0.3 is 5.32 Å². The maximum Gasteiger partial charge on any atom is 0.225 e. The summed E-state index contributed by atoms with van der Waals surface area (Å²) in [6, 6.07) is 10.4. The third kappa shape index (κ3) is 4.03. The van der Waals surface area contributed by atoms with E-state index in [0.717, 1.165) is 36.6 Å². The van der Waals surface area contributed by atoms with Crippen molar-refractivity contribution in [1.82, 2.24) is 9.97 Å². The average molecular weight is 413 g/mol. The van der Waals surface area contributed by atoms with Crippen molar-refractivity contribution >= 4 is 22.6 Å². The molecule has 1 amide bonds. The van der Waals surface area contributed by atoms with Gasteiger partial charge in [0.25, 0.3) is 0 Å². The Morgan fingerprint density at radius 1 is 1.10 bits per heavy atom. The highest BCUT2D eigenvalue weighted by Gasteiger charge is 2.42. The minimum absolute atomic E-state index is 0.0121. The number of carbonyl (C=O) groups is 1. The first-order chi connectivity index (χ1) is 15.1. The van der Waals surface area contributed by atoms with Crippen LogP contribution in [-0.4, -0.2) is 15.9 Å². The van der Waals surface area contributed by atoms with Crippen LogP contribution in [0.15, 0.2) is 48.8 Å². The second-order valence-corrected chi connectivity index (χ2v) is 8.92. The van der Waals surface area contributed by atoms with Gasteiger partial charge >= 0.3 is 0 Å². The first-order valence-electron chi connectivity index (χ1n) is 10.9. The molecule has 3 aromatic rings. The first kappa shape index (κ1) is 19.7. The van der Waals surface area contributed by atoms with Gasteiger partial charge in [-0.3, -0.25) is 9.78 Å². The zero-order chi connectivity index (χ0) is 21.4. The summed E-state index contributed by atoms with van der Waals surface area (Å²) in [4.78, 5) is 21.1. The number of amides is 1. The molecule has 2 aliphatic carbocycles. The number of terminal acetylenes is 1. The van der Waals surface area contributed by atoms with Gasteiger partial charge in [0.1, 0.15) is 11.6 Å². The van der Waals surface area contributed by atoms with Crippen molar-refractivity contribution in [3.8, 4) is 12.3 Å². The van der Waals surface area contributed by atoms with Crippen LogP contribution in [0.5, 0.6) is 0 Å². The molecule has 1 aromatic carbocycles. The van der Waals surface area contributed by atoms with Crippen molar-refractivity contribution < 1.29 is 9.18 Å². The van der Waals surface area contributed by atoms with Gasteiger partial charge in [0.15, 0.2) is 0 Å². The maximum atomic E-state index is 13.8. The molecule has 2 heterocycles. The number of halogens is 1. The van der Waals surface area contributed by atoms with E-state index in [1.54, 1.807) is 30.5 Å². The maximum absolute atomic E-state index is 13.8. The van der Waals surface area contributed by atoms with E-state index in [4.69, 9.17) is 6.42 Å². The summed E-state index contributed by atoms with van der Waals surface area (Å²) in [6.07, 6.45) is 13.7. The monoisotopic (exact) mass is 413 g/mol. The molecule has 0 saturated heterocycles. The van der Waals surface area contributed by atoms with E-state index in [-0.39, 0.29) is 11.7 Å². The van der Waals surface area contributed by atoms with Gasteiger partial charge in [-0.05, 0) is 91.3 Å². The van der Waals surface area contributed by atoms with Crippen molar-refractivity contribution in [2.24, 2.45) is 17.8 Å². The Labute approximate surface area is 181 Å². The number of aromatic nitrogens is 2. The normalized spacial score (nSPS) is 24.6. The van der Waals surface area contributed by atoms with E-state index < -0.39 is 0 Å². The molecule has 5 heteroatoms. The smallest absolute Gasteiger partial charge is 0.225 e. The van der Waals surface area contributed by atoms with Crippen molar-refractivity contribution in [3.05, 3.63) is 65.7 Å². The highest BCUT2D eigenvalue weighted by molar-refractivity contribution is 5.90. The first-order valence-corrected chi connectivity index (χ1v) is 10.9. The molecule has 4 nitrogen and oxygen atoms in total. The number of pyridine rings is 2. The molecule has 156 valence electrons. The van der Waals surface area contributed by atoms with Crippen LogP contribution in [0.25, 0.3) is 10.9 Å². The van der Waals surface area contributed by atoms with Gasteiger partial charge in [-0.2, -0.15) is 0 Å². The number of nitrogens with zero attached hydrogens (tertiary/aromatic N) is 2. The number of fused-ring (bicyclic) bond motifs is 2. The lowest BCUT2D eigenvalue weighted by Gasteiger charge is -2.17. The highest BCUT2D eigenvalue weighted by atomic mass is 19.1. The minimum Gasteiger partial charge on any atom is -0.311 e. The summed E-state index contributed by atoms with van der Waals surface area (Å²) in [5.41, 5.74) is 2.77. The third-order valence-electron chi connectivity index (χ3n) is 6.96. The van der Waals surface area contributed by atoms with Gasteiger partial charge in [0, 0.05) is 29.8 Å². The lowest BCUT2D eigenvalue weighted by atomic mass is 9.89. The summed E-state index contributed by atoms with van der Waals surface area (Å²) in [5.74, 6) is 4.97. The number of hydrogen-bond acceptors (Lipinski definition) is 3. The molecule has 2 aliphatic rings. The molecule has 4 atom stereocenters. The Kier molecular flexibility index (Phi) is 5.15. The fourth-order valence-corrected chi connectivity index (χ4v) is 5.67. The molecular weight excluding hydrogens is 389 g/mol. The zero-order valence-electron chi connectivity index (χ0n) is 17.2. The van der Waals surface area contributed by atoms with E-state index in [0.29, 0.717) is 41.5 Å². The van der Waals surface area contributed by atoms with Crippen molar-refractivity contribution in [3.63, 3.8) is 0 Å². The zero-order valence-corrected chi connectivity index (χ0v) is 17.2. The van der Waals surface area contributed by atoms with Crippen LogP contribution >= 0.6 is 0 Å². The molecule has 2 fully saturated rings. The van der Waals surface area contributed by atoms with Crippen LogP contribution in [0.3, 0.4) is 0 Å². The Bertz CT molecular complexity index is 1150. The van der Waals surface area contributed by atoms with E-state index in [2.05, 4.69) is 27.3 Å². The molecule has 1 N–H and O–H groups in total. The number of hydrogen-bond donors (Lipinski definition) is 1. The summed E-state index contributed by atoms with van der Waals surface area (Å²) in [5, 5.41) is 3.82. The quantitative estimate of drug-likeness (QED) is 0.591. The van der Waals surface area contributed by atoms with Gasteiger partial charge in [-0.25, -0.2) is 9.37 Å². The SMILES string of the molecule is C#Cc1ccc(NC(=O)CC2CC3CC(c4ccnc5ccc(F)cc45)C[C@H]3C2)nc1. The summed E-state index contributed by atoms with van der Waals surface area (Å²) >= 11 is 0. The van der Waals surface area contributed by atoms with Crippen LogP contribution < -0.4 is 5.32 Å². The minimum atomic E-state index is -0.213. The summed E-state index contributed by atoms with van der Waals surface area (Å²) in [6.45, 7) is 0. The molecule has 5 rings (SSSR count). The van der Waals surface area contributed by atoms with Crippen LogP contribution in [0.1, 0.15) is 49.1 Å². The molecule has 2 saturated carbocycles. The standard InChI is InChI=1S/C26H24FN3O/c1-2-16-3-6-25(29-15-16)30-26(31)11-17-9-18-12-20(13-19(18)10-17)22-7-8-28-24-5-4-21(27)14-23(22)24/h1,3-8,14-15,17-20H,9-13H2,(H,29,30,31)/t17?,18-,19?,20?/m1/s1. The molecule has 0 radical (unpaired) electrons. The third-order valence-corrected chi connectivity index (χ3v) is 6.96. The van der Waals surface area contributed by atoms with E-state index in [1.807, 2.05) is 6.20 Å². The highest BCUT2D eigenvalue weighted by Crippen LogP contribution is 2.53. The van der Waals surface area contributed by atoms with Gasteiger partial charge in [-0.1, -0.05) is 5.92 Å². The predicted octanol–water partition coefficient (Wildman–Crippen LogP) is 5.30. The van der Waals surface area contributed by atoms with Crippen molar-refractivity contribution in [2.45, 2.75) is 38.0 Å². The molecule has 0 aliphatic heterocycles. The molecule has 0 bridgehead atoms. The van der Waals surface area contributed by atoms with Gasteiger partial charge in [0.2, 0.25) is 5.91 Å². The molecule has 31 heavy (non-hydrogen) atoms. The predicted molar refractivity (Wildman–Crippen MR) is 119 cm³/mol. The molecule has 3 unspecified atom stereocenters. The lowest BCUT2D eigenvalue weighted by Crippen LogP contribution is -2.16. The van der Waals surface area contributed by atoms with Crippen LogP contribution in [-0.2, 0) is 4.79 Å². The lowest BCUT2D eigenvalue weighted by molar-refractivity contribution is -0.117. The Balaban J connectivity index is 1.20. The fourth-order valence-electron chi connectivity index (χ4n) is 5.67. The fraction of sp³-hybridized carbons (Fsp3) is 0.346. The number of rotatable bonds is 4. The van der Waals surface area contributed by atoms with Crippen molar-refractivity contribution in [1.29, 1.82) is 0 Å². The second-order valence-electron chi connectivity index (χ2n) is 8.92. The average Bonchev–Trinajstić information content (AvgIpc) is 3.32. The Morgan fingerprint density at radius 3 is 2.61 bits per heavy atom. The van der Waals surface area contributed by atoms with E-state index >= 15 is 0 Å². The number of anilines is 1. The van der Waals surface area contributed by atoms with Gasteiger partial charge in [0.05, 0.1) is 5.52 Å². The topological polar surface area (TPSA) is 54.9 Å². The van der Waals surface area contributed by atoms with Crippen LogP contribution in [0.4, 0.5) is 10.2 Å². The Morgan fingerprint density at radius 2 is 1.90 bits per heavy atom. The van der Waals surface area contributed by atoms with Crippen LogP contribution in [0.2, 0.25) is 0 Å². The number of benzene rings is 1. The molecule has 2 aromatic heterocycles. The number of carbonyl (C=O) groups excluding carboxylic acids is 1. The second kappa shape index (κ2) is 8.11. The summed E-state index contributed by atoms with van der Waals surface area (Å²) < 4.78 is 13.8. The molecule has 0 spiro atoms. The van der Waals surface area contributed by atoms with Crippen molar-refractivity contribution in [2.75, 3.05) is 5.32 Å². The number of nitrogens with one attached hydrogen (secondary N) is 1.